The normalized spacial score (nSPS) is 18.5. The lowest BCUT2D eigenvalue weighted by Gasteiger charge is -2.24. The molecule has 4 rings (SSSR count). The van der Waals surface area contributed by atoms with Gasteiger partial charge in [0, 0.05) is 17.5 Å². The lowest BCUT2D eigenvalue weighted by molar-refractivity contribution is -0.156. The van der Waals surface area contributed by atoms with E-state index in [2.05, 4.69) is 45.9 Å². The highest BCUT2D eigenvalue weighted by atomic mass is 19.1. The SMILES string of the molecule is Cc1cc(C)cc(-c2cc(-c3ccc(F)cc3)c(/C=C/[C@@H]3C[C@@H](O)CC(=O)O3)c(C(C)C)n2)c1. The predicted octanol–water partition coefficient (Wildman–Crippen LogP) is 6.37. The third-order valence-electron chi connectivity index (χ3n) is 5.97. The summed E-state index contributed by atoms with van der Waals surface area (Å²) in [6.07, 6.45) is 2.90. The average molecular weight is 460 g/mol. The number of aliphatic hydroxyl groups excluding tert-OH is 1. The van der Waals surface area contributed by atoms with E-state index in [1.807, 2.05) is 18.2 Å². The van der Waals surface area contributed by atoms with Gasteiger partial charge in [0.25, 0.3) is 0 Å². The second-order valence-corrected chi connectivity index (χ2v) is 9.37. The van der Waals surface area contributed by atoms with Gasteiger partial charge >= 0.3 is 5.97 Å². The van der Waals surface area contributed by atoms with Gasteiger partial charge in [-0.1, -0.05) is 49.2 Å². The molecule has 0 aliphatic carbocycles. The maximum Gasteiger partial charge on any atom is 0.309 e. The Balaban J connectivity index is 1.88. The Morgan fingerprint density at radius 1 is 1.06 bits per heavy atom. The van der Waals surface area contributed by atoms with Crippen LogP contribution in [0.2, 0.25) is 0 Å². The summed E-state index contributed by atoms with van der Waals surface area (Å²) < 4.78 is 19.1. The summed E-state index contributed by atoms with van der Waals surface area (Å²) in [5, 5.41) is 9.97. The van der Waals surface area contributed by atoms with Crippen LogP contribution in [0.5, 0.6) is 0 Å². The number of hydrogen-bond acceptors (Lipinski definition) is 4. The lowest BCUT2D eigenvalue weighted by atomic mass is 9.91. The monoisotopic (exact) mass is 459 g/mol. The molecule has 2 atom stereocenters. The number of aromatic nitrogens is 1. The van der Waals surface area contributed by atoms with Crippen molar-refractivity contribution in [1.29, 1.82) is 0 Å². The molecule has 0 bridgehead atoms. The Bertz CT molecular complexity index is 1210. The van der Waals surface area contributed by atoms with E-state index >= 15 is 0 Å². The zero-order valence-corrected chi connectivity index (χ0v) is 20.0. The molecule has 0 radical (unpaired) electrons. The number of halogens is 1. The Kier molecular flexibility index (Phi) is 6.94. The summed E-state index contributed by atoms with van der Waals surface area (Å²) in [6, 6.07) is 14.8. The number of aryl methyl sites for hydroxylation is 2. The molecule has 0 spiro atoms. The fourth-order valence-electron chi connectivity index (χ4n) is 4.46. The summed E-state index contributed by atoms with van der Waals surface area (Å²) in [7, 11) is 0. The number of pyridine rings is 1. The van der Waals surface area contributed by atoms with Crippen LogP contribution in [0.1, 0.15) is 55.0 Å². The van der Waals surface area contributed by atoms with Crippen molar-refractivity contribution in [1.82, 2.24) is 4.98 Å². The molecule has 34 heavy (non-hydrogen) atoms. The Morgan fingerprint density at radius 3 is 2.35 bits per heavy atom. The molecule has 1 aliphatic rings. The highest BCUT2D eigenvalue weighted by Gasteiger charge is 2.26. The predicted molar refractivity (Wildman–Crippen MR) is 133 cm³/mol. The van der Waals surface area contributed by atoms with Gasteiger partial charge in [-0.3, -0.25) is 9.78 Å². The van der Waals surface area contributed by atoms with E-state index < -0.39 is 18.2 Å². The fourth-order valence-corrected chi connectivity index (χ4v) is 4.46. The number of ether oxygens (including phenoxy) is 1. The van der Waals surface area contributed by atoms with Crippen molar-refractivity contribution in [3.8, 4) is 22.4 Å². The number of cyclic esters (lactones) is 1. The molecule has 1 N–H and O–H groups in total. The quantitative estimate of drug-likeness (QED) is 0.450. The van der Waals surface area contributed by atoms with Crippen LogP contribution in [0, 0.1) is 19.7 Å². The van der Waals surface area contributed by atoms with Crippen molar-refractivity contribution < 1.29 is 19.0 Å². The maximum atomic E-state index is 13.7. The van der Waals surface area contributed by atoms with Crippen LogP contribution >= 0.6 is 0 Å². The molecular weight excluding hydrogens is 429 g/mol. The van der Waals surface area contributed by atoms with Crippen LogP contribution in [0.25, 0.3) is 28.5 Å². The lowest BCUT2D eigenvalue weighted by Crippen LogP contribution is -2.31. The second kappa shape index (κ2) is 9.90. The summed E-state index contributed by atoms with van der Waals surface area (Å²) in [4.78, 5) is 16.8. The summed E-state index contributed by atoms with van der Waals surface area (Å²) >= 11 is 0. The first-order valence-electron chi connectivity index (χ1n) is 11.6. The van der Waals surface area contributed by atoms with Gasteiger partial charge in [0.15, 0.2) is 0 Å². The molecule has 1 fully saturated rings. The zero-order valence-electron chi connectivity index (χ0n) is 20.0. The van der Waals surface area contributed by atoms with E-state index in [9.17, 15) is 14.3 Å². The van der Waals surface area contributed by atoms with Gasteiger partial charge < -0.3 is 9.84 Å². The van der Waals surface area contributed by atoms with E-state index in [1.54, 1.807) is 12.1 Å². The number of benzene rings is 2. The third kappa shape index (κ3) is 5.42. The van der Waals surface area contributed by atoms with E-state index in [0.29, 0.717) is 6.42 Å². The number of esters is 1. The van der Waals surface area contributed by atoms with E-state index in [1.165, 1.54) is 12.1 Å². The van der Waals surface area contributed by atoms with Gasteiger partial charge in [0.2, 0.25) is 0 Å². The third-order valence-corrected chi connectivity index (χ3v) is 5.97. The summed E-state index contributed by atoms with van der Waals surface area (Å²) in [5.41, 5.74) is 7.79. The van der Waals surface area contributed by atoms with Crippen LogP contribution in [0.15, 0.2) is 54.6 Å². The first kappa shape index (κ1) is 23.8. The van der Waals surface area contributed by atoms with Crippen LogP contribution in [-0.4, -0.2) is 28.3 Å². The molecule has 3 aromatic rings. The van der Waals surface area contributed by atoms with Gasteiger partial charge in [-0.05, 0) is 67.3 Å². The highest BCUT2D eigenvalue weighted by molar-refractivity contribution is 5.81. The van der Waals surface area contributed by atoms with Crippen molar-refractivity contribution in [3.63, 3.8) is 0 Å². The smallest absolute Gasteiger partial charge is 0.309 e. The van der Waals surface area contributed by atoms with Crippen LogP contribution < -0.4 is 0 Å². The molecule has 1 aliphatic heterocycles. The number of rotatable bonds is 5. The number of aliphatic hydroxyl groups is 1. The van der Waals surface area contributed by atoms with Crippen LogP contribution in [-0.2, 0) is 9.53 Å². The molecule has 2 aromatic carbocycles. The van der Waals surface area contributed by atoms with Crippen molar-refractivity contribution in [2.24, 2.45) is 0 Å². The first-order chi connectivity index (χ1) is 16.2. The molecule has 176 valence electrons. The van der Waals surface area contributed by atoms with E-state index in [4.69, 9.17) is 9.72 Å². The number of hydrogen-bond donors (Lipinski definition) is 1. The second-order valence-electron chi connectivity index (χ2n) is 9.37. The highest BCUT2D eigenvalue weighted by Crippen LogP contribution is 2.35. The molecule has 1 aromatic heterocycles. The minimum atomic E-state index is -0.706. The van der Waals surface area contributed by atoms with Gasteiger partial charge in [-0.25, -0.2) is 4.39 Å². The molecule has 5 heteroatoms. The number of carbonyl (C=O) groups is 1. The minimum Gasteiger partial charge on any atom is -0.458 e. The fraction of sp³-hybridized carbons (Fsp3) is 0.310. The average Bonchev–Trinajstić information content (AvgIpc) is 2.76. The first-order valence-corrected chi connectivity index (χ1v) is 11.6. The van der Waals surface area contributed by atoms with Gasteiger partial charge in [-0.15, -0.1) is 0 Å². The largest absolute Gasteiger partial charge is 0.458 e. The molecular formula is C29H30FNO3. The summed E-state index contributed by atoms with van der Waals surface area (Å²) in [6.45, 7) is 8.31. The summed E-state index contributed by atoms with van der Waals surface area (Å²) in [5.74, 6) is -0.583. The standard InChI is InChI=1S/C29H30FNO3/c1-17(2)29-25(10-9-24-14-23(32)15-28(33)34-24)26(20-5-7-22(30)8-6-20)16-27(31-29)21-12-18(3)11-19(4)13-21/h5-13,16-17,23-24,32H,14-15H2,1-4H3/b10-9+/t23-,24-/m1/s1. The van der Waals surface area contributed by atoms with Crippen LogP contribution in [0.4, 0.5) is 4.39 Å². The molecule has 2 heterocycles. The Morgan fingerprint density at radius 2 is 1.74 bits per heavy atom. The van der Waals surface area contributed by atoms with Gasteiger partial charge in [0.05, 0.1) is 23.9 Å². The molecule has 0 amide bonds. The molecule has 1 saturated heterocycles. The number of nitrogens with zero attached hydrogens (tertiary/aromatic N) is 1. The van der Waals surface area contributed by atoms with E-state index in [-0.39, 0.29) is 18.2 Å². The minimum absolute atomic E-state index is 0.0224. The maximum absolute atomic E-state index is 13.7. The zero-order chi connectivity index (χ0) is 24.4. The van der Waals surface area contributed by atoms with E-state index in [0.717, 1.165) is 44.8 Å². The van der Waals surface area contributed by atoms with Crippen molar-refractivity contribution in [2.45, 2.75) is 58.7 Å². The molecule has 0 saturated carbocycles. The Labute approximate surface area is 200 Å². The van der Waals surface area contributed by atoms with Gasteiger partial charge in [0.1, 0.15) is 11.9 Å². The Hall–Kier alpha value is -3.31. The van der Waals surface area contributed by atoms with Crippen molar-refractivity contribution in [2.75, 3.05) is 0 Å². The molecule has 0 unspecified atom stereocenters. The van der Waals surface area contributed by atoms with Crippen molar-refractivity contribution >= 4 is 12.0 Å². The topological polar surface area (TPSA) is 59.4 Å². The van der Waals surface area contributed by atoms with Crippen molar-refractivity contribution in [3.05, 3.63) is 82.8 Å². The number of carbonyl (C=O) groups excluding carboxylic acids is 1. The van der Waals surface area contributed by atoms with Gasteiger partial charge in [-0.2, -0.15) is 0 Å². The van der Waals surface area contributed by atoms with Crippen LogP contribution in [0.3, 0.4) is 0 Å². The molecule has 4 nitrogen and oxygen atoms in total.